The Morgan fingerprint density at radius 1 is 1.06 bits per heavy atom. The van der Waals surface area contributed by atoms with Gasteiger partial charge in [0.2, 0.25) is 0 Å². The average molecular weight is 250 g/mol. The molecular weight excluding hydrogens is 224 g/mol. The van der Waals surface area contributed by atoms with E-state index in [4.69, 9.17) is 0 Å². The van der Waals surface area contributed by atoms with Crippen LogP contribution in [-0.2, 0) is 0 Å². The van der Waals surface area contributed by atoms with Crippen molar-refractivity contribution in [3.05, 3.63) is 30.3 Å². The van der Waals surface area contributed by atoms with E-state index < -0.39 is 8.07 Å². The first-order valence-corrected chi connectivity index (χ1v) is 9.67. The molecule has 0 amide bonds. The van der Waals surface area contributed by atoms with E-state index in [1.165, 1.54) is 5.19 Å². The van der Waals surface area contributed by atoms with Gasteiger partial charge in [-0.05, 0) is 24.8 Å². The van der Waals surface area contributed by atoms with E-state index in [0.717, 1.165) is 6.42 Å². The van der Waals surface area contributed by atoms with Crippen molar-refractivity contribution in [2.24, 2.45) is 5.92 Å². The molecule has 0 spiro atoms. The largest absolute Gasteiger partial charge is 0.393 e. The first-order valence-electron chi connectivity index (χ1n) is 6.59. The van der Waals surface area contributed by atoms with E-state index >= 15 is 0 Å². The minimum atomic E-state index is -1.49. The summed E-state index contributed by atoms with van der Waals surface area (Å²) in [5.74, 6) is 0.631. The molecule has 0 aromatic heterocycles. The molecule has 17 heavy (non-hydrogen) atoms. The Labute approximate surface area is 107 Å². The van der Waals surface area contributed by atoms with Crippen molar-refractivity contribution in [2.45, 2.75) is 51.9 Å². The molecule has 0 aliphatic rings. The van der Waals surface area contributed by atoms with Crippen LogP contribution in [0.2, 0.25) is 18.6 Å². The summed E-state index contributed by atoms with van der Waals surface area (Å²) < 4.78 is 0. The number of benzene rings is 1. The monoisotopic (exact) mass is 250 g/mol. The molecule has 0 aliphatic carbocycles. The van der Waals surface area contributed by atoms with E-state index in [1.807, 2.05) is 6.92 Å². The minimum Gasteiger partial charge on any atom is -0.393 e. The van der Waals surface area contributed by atoms with Crippen LogP contribution < -0.4 is 5.19 Å². The summed E-state index contributed by atoms with van der Waals surface area (Å²) in [5.41, 5.74) is 0.630. The average Bonchev–Trinajstić information content (AvgIpc) is 2.26. The molecule has 1 N–H and O–H groups in total. The Morgan fingerprint density at radius 2 is 1.59 bits per heavy atom. The standard InChI is InChI=1S/C15H26OSi/c1-12(2)15(11-13(3)16)17(4,5)14-9-7-6-8-10-14/h6-10,12-13,15-16H,11H2,1-5H3/t13-,15-/m1/s1. The topological polar surface area (TPSA) is 20.2 Å². The van der Waals surface area contributed by atoms with Gasteiger partial charge in [-0.2, -0.15) is 0 Å². The fraction of sp³-hybridized carbons (Fsp3) is 0.600. The number of hydrogen-bond acceptors (Lipinski definition) is 1. The van der Waals surface area contributed by atoms with Crippen molar-refractivity contribution in [3.8, 4) is 0 Å². The second-order valence-corrected chi connectivity index (χ2v) is 10.8. The third kappa shape index (κ3) is 3.68. The van der Waals surface area contributed by atoms with Gasteiger partial charge in [0.05, 0.1) is 14.2 Å². The van der Waals surface area contributed by atoms with Crippen LogP contribution >= 0.6 is 0 Å². The van der Waals surface area contributed by atoms with Crippen LogP contribution in [0.5, 0.6) is 0 Å². The summed E-state index contributed by atoms with van der Waals surface area (Å²) in [4.78, 5) is 0. The van der Waals surface area contributed by atoms with E-state index in [0.29, 0.717) is 11.5 Å². The predicted molar refractivity (Wildman–Crippen MR) is 78.4 cm³/mol. The van der Waals surface area contributed by atoms with Crippen molar-refractivity contribution in [2.75, 3.05) is 0 Å². The van der Waals surface area contributed by atoms with Crippen molar-refractivity contribution < 1.29 is 5.11 Å². The molecule has 2 atom stereocenters. The molecule has 0 heterocycles. The van der Waals surface area contributed by atoms with E-state index in [9.17, 15) is 5.11 Å². The first kappa shape index (κ1) is 14.5. The Morgan fingerprint density at radius 3 is 2.00 bits per heavy atom. The van der Waals surface area contributed by atoms with Crippen LogP contribution in [0.1, 0.15) is 27.2 Å². The lowest BCUT2D eigenvalue weighted by molar-refractivity contribution is 0.175. The lowest BCUT2D eigenvalue weighted by Crippen LogP contribution is -2.48. The van der Waals surface area contributed by atoms with Crippen LogP contribution in [0.4, 0.5) is 0 Å². The molecule has 0 fully saturated rings. The molecule has 1 rings (SSSR count). The van der Waals surface area contributed by atoms with Crippen molar-refractivity contribution in [1.82, 2.24) is 0 Å². The van der Waals surface area contributed by atoms with E-state index in [1.54, 1.807) is 0 Å². The fourth-order valence-corrected chi connectivity index (χ4v) is 6.93. The van der Waals surface area contributed by atoms with Gasteiger partial charge in [0.1, 0.15) is 0 Å². The van der Waals surface area contributed by atoms with Crippen molar-refractivity contribution >= 4 is 13.3 Å². The van der Waals surface area contributed by atoms with E-state index in [2.05, 4.69) is 57.3 Å². The Hall–Kier alpha value is -0.603. The summed E-state index contributed by atoms with van der Waals surface area (Å²) >= 11 is 0. The molecule has 0 saturated heterocycles. The van der Waals surface area contributed by atoms with Gasteiger partial charge >= 0.3 is 0 Å². The van der Waals surface area contributed by atoms with Crippen LogP contribution in [0.15, 0.2) is 30.3 Å². The summed E-state index contributed by atoms with van der Waals surface area (Å²) in [6.45, 7) is 11.3. The quantitative estimate of drug-likeness (QED) is 0.794. The fourth-order valence-electron chi connectivity index (χ4n) is 2.85. The van der Waals surface area contributed by atoms with Gasteiger partial charge in [-0.3, -0.25) is 0 Å². The number of rotatable bonds is 5. The molecule has 0 saturated carbocycles. The molecule has 1 aromatic rings. The number of aliphatic hydroxyl groups is 1. The summed E-state index contributed by atoms with van der Waals surface area (Å²) in [5, 5.41) is 11.2. The second-order valence-electron chi connectivity index (χ2n) is 6.02. The van der Waals surface area contributed by atoms with E-state index in [-0.39, 0.29) is 6.10 Å². The lowest BCUT2D eigenvalue weighted by Gasteiger charge is -2.37. The molecule has 0 aliphatic heterocycles. The minimum absolute atomic E-state index is 0.196. The van der Waals surface area contributed by atoms with Crippen LogP contribution in [-0.4, -0.2) is 19.3 Å². The molecular formula is C15H26OSi. The van der Waals surface area contributed by atoms with Gasteiger partial charge in [-0.1, -0.05) is 62.5 Å². The first-order chi connectivity index (χ1) is 7.85. The Balaban J connectivity index is 3.00. The Bertz CT molecular complexity index is 330. The molecule has 0 unspecified atom stereocenters. The highest BCUT2D eigenvalue weighted by Crippen LogP contribution is 2.34. The maximum absolute atomic E-state index is 9.70. The lowest BCUT2D eigenvalue weighted by atomic mass is 10.0. The van der Waals surface area contributed by atoms with Crippen molar-refractivity contribution in [1.29, 1.82) is 0 Å². The summed E-state index contributed by atoms with van der Waals surface area (Å²) in [6, 6.07) is 10.8. The van der Waals surface area contributed by atoms with Crippen LogP contribution in [0.3, 0.4) is 0 Å². The van der Waals surface area contributed by atoms with Gasteiger partial charge in [-0.25, -0.2) is 0 Å². The van der Waals surface area contributed by atoms with Gasteiger partial charge in [-0.15, -0.1) is 0 Å². The molecule has 1 aromatic carbocycles. The molecule has 96 valence electrons. The smallest absolute Gasteiger partial charge is 0.0840 e. The third-order valence-electron chi connectivity index (χ3n) is 3.84. The van der Waals surface area contributed by atoms with Gasteiger partial charge in [0.15, 0.2) is 0 Å². The van der Waals surface area contributed by atoms with Crippen molar-refractivity contribution in [3.63, 3.8) is 0 Å². The highest BCUT2D eigenvalue weighted by atomic mass is 28.3. The third-order valence-corrected chi connectivity index (χ3v) is 8.42. The maximum atomic E-state index is 9.70. The molecule has 1 nitrogen and oxygen atoms in total. The zero-order valence-electron chi connectivity index (χ0n) is 11.8. The van der Waals surface area contributed by atoms with Gasteiger partial charge in [0, 0.05) is 0 Å². The summed E-state index contributed by atoms with van der Waals surface area (Å²) in [6.07, 6.45) is 0.726. The zero-order chi connectivity index (χ0) is 13.1. The molecule has 0 bridgehead atoms. The van der Waals surface area contributed by atoms with Crippen LogP contribution in [0, 0.1) is 5.92 Å². The van der Waals surface area contributed by atoms with Gasteiger partial charge in [0.25, 0.3) is 0 Å². The zero-order valence-corrected chi connectivity index (χ0v) is 12.8. The highest BCUT2D eigenvalue weighted by Gasteiger charge is 2.35. The predicted octanol–water partition coefficient (Wildman–Crippen LogP) is 3.40. The molecule has 2 heteroatoms. The number of hydrogen-bond donors (Lipinski definition) is 1. The molecule has 0 radical (unpaired) electrons. The normalized spacial score (nSPS) is 15.9. The van der Waals surface area contributed by atoms with Crippen LogP contribution in [0.25, 0.3) is 0 Å². The summed E-state index contributed by atoms with van der Waals surface area (Å²) in [7, 11) is -1.49. The highest BCUT2D eigenvalue weighted by molar-refractivity contribution is 6.91. The Kier molecular flexibility index (Phi) is 4.96. The SMILES string of the molecule is CC(C)[C@@H](C[C@@H](C)O)[Si](C)(C)c1ccccc1. The second kappa shape index (κ2) is 5.83. The number of aliphatic hydroxyl groups excluding tert-OH is 1. The van der Waals surface area contributed by atoms with Gasteiger partial charge < -0.3 is 5.11 Å². The maximum Gasteiger partial charge on any atom is 0.0840 e.